The molecule has 1 aromatic carbocycles. The van der Waals surface area contributed by atoms with Crippen LogP contribution in [0.15, 0.2) is 18.2 Å². The van der Waals surface area contributed by atoms with E-state index in [1.807, 2.05) is 0 Å². The van der Waals surface area contributed by atoms with Crippen LogP contribution in [0.2, 0.25) is 0 Å². The molecule has 1 saturated heterocycles. The van der Waals surface area contributed by atoms with Gasteiger partial charge in [0.2, 0.25) is 0 Å². The van der Waals surface area contributed by atoms with E-state index in [0.29, 0.717) is 5.56 Å². The highest BCUT2D eigenvalue weighted by Crippen LogP contribution is 2.17. The molecule has 1 aliphatic rings. The van der Waals surface area contributed by atoms with Gasteiger partial charge in [0.15, 0.2) is 5.78 Å². The van der Waals surface area contributed by atoms with Crippen LogP contribution in [0.25, 0.3) is 0 Å². The molecule has 1 fully saturated rings. The van der Waals surface area contributed by atoms with Crippen molar-refractivity contribution < 1.29 is 9.18 Å². The topological polar surface area (TPSA) is 29.1 Å². The van der Waals surface area contributed by atoms with Crippen LogP contribution in [0.5, 0.6) is 0 Å². The highest BCUT2D eigenvalue weighted by Gasteiger charge is 2.22. The summed E-state index contributed by atoms with van der Waals surface area (Å²) in [4.78, 5) is 12.3. The van der Waals surface area contributed by atoms with Crippen molar-refractivity contribution in [1.29, 1.82) is 0 Å². The standard InChI is InChI=1S/C14H18FNO/c1-10-9-11(15)6-7-12(10)14(17)13-5-3-2-4-8-16-13/h6-7,9,13,16H,2-5,8H2,1H3. The number of aryl methyl sites for hydroxylation is 1. The molecule has 0 bridgehead atoms. The molecule has 0 amide bonds. The monoisotopic (exact) mass is 235 g/mol. The first-order chi connectivity index (χ1) is 8.18. The van der Waals surface area contributed by atoms with Gasteiger partial charge >= 0.3 is 0 Å². The maximum absolute atomic E-state index is 13.0. The van der Waals surface area contributed by atoms with E-state index < -0.39 is 0 Å². The molecule has 1 aliphatic heterocycles. The number of halogens is 1. The molecule has 1 aromatic rings. The number of benzene rings is 1. The Morgan fingerprint density at radius 1 is 1.35 bits per heavy atom. The SMILES string of the molecule is Cc1cc(F)ccc1C(=O)C1CCCCCN1. The summed E-state index contributed by atoms with van der Waals surface area (Å²) >= 11 is 0. The zero-order chi connectivity index (χ0) is 12.3. The number of carbonyl (C=O) groups excluding carboxylic acids is 1. The van der Waals surface area contributed by atoms with Crippen LogP contribution in [0.1, 0.15) is 41.6 Å². The maximum atomic E-state index is 13.0. The van der Waals surface area contributed by atoms with E-state index in [4.69, 9.17) is 0 Å². The third-order valence-corrected chi connectivity index (χ3v) is 3.33. The van der Waals surface area contributed by atoms with Gasteiger partial charge in [-0.05, 0) is 50.1 Å². The Labute approximate surface area is 101 Å². The van der Waals surface area contributed by atoms with Crippen LogP contribution in [0.4, 0.5) is 4.39 Å². The smallest absolute Gasteiger partial charge is 0.179 e. The number of rotatable bonds is 2. The van der Waals surface area contributed by atoms with Gasteiger partial charge in [0.1, 0.15) is 5.82 Å². The summed E-state index contributed by atoms with van der Waals surface area (Å²) in [7, 11) is 0. The van der Waals surface area contributed by atoms with E-state index in [9.17, 15) is 9.18 Å². The summed E-state index contributed by atoms with van der Waals surface area (Å²) < 4.78 is 13.0. The summed E-state index contributed by atoms with van der Waals surface area (Å²) in [5, 5.41) is 3.28. The lowest BCUT2D eigenvalue weighted by atomic mass is 9.97. The van der Waals surface area contributed by atoms with Crippen LogP contribution in [0.3, 0.4) is 0 Å². The Balaban J connectivity index is 2.17. The van der Waals surface area contributed by atoms with Gasteiger partial charge in [-0.2, -0.15) is 0 Å². The maximum Gasteiger partial charge on any atom is 0.179 e. The van der Waals surface area contributed by atoms with E-state index in [1.165, 1.54) is 18.6 Å². The van der Waals surface area contributed by atoms with Gasteiger partial charge in [0.25, 0.3) is 0 Å². The van der Waals surface area contributed by atoms with Crippen molar-refractivity contribution in [2.24, 2.45) is 0 Å². The van der Waals surface area contributed by atoms with Gasteiger partial charge in [-0.3, -0.25) is 4.79 Å². The average Bonchev–Trinajstić information content (AvgIpc) is 2.56. The van der Waals surface area contributed by atoms with Crippen LogP contribution in [-0.4, -0.2) is 18.4 Å². The molecule has 2 rings (SSSR count). The molecular formula is C14H18FNO. The fraction of sp³-hybridized carbons (Fsp3) is 0.500. The molecule has 1 unspecified atom stereocenters. The predicted octanol–water partition coefficient (Wildman–Crippen LogP) is 2.85. The van der Waals surface area contributed by atoms with Crippen molar-refractivity contribution in [3.63, 3.8) is 0 Å². The number of nitrogens with one attached hydrogen (secondary N) is 1. The van der Waals surface area contributed by atoms with Crippen molar-refractivity contribution in [1.82, 2.24) is 5.32 Å². The second-order valence-electron chi connectivity index (χ2n) is 4.68. The zero-order valence-electron chi connectivity index (χ0n) is 10.1. The van der Waals surface area contributed by atoms with E-state index in [2.05, 4.69) is 5.32 Å². The van der Waals surface area contributed by atoms with Crippen LogP contribution in [-0.2, 0) is 0 Å². The minimum absolute atomic E-state index is 0.0957. The van der Waals surface area contributed by atoms with E-state index in [1.54, 1.807) is 13.0 Å². The fourth-order valence-electron chi connectivity index (χ4n) is 2.34. The molecule has 0 aromatic heterocycles. The van der Waals surface area contributed by atoms with Gasteiger partial charge in [-0.15, -0.1) is 0 Å². The summed E-state index contributed by atoms with van der Waals surface area (Å²) in [6, 6.07) is 4.28. The third kappa shape index (κ3) is 2.91. The molecule has 3 heteroatoms. The number of ketones is 1. The Morgan fingerprint density at radius 3 is 2.94 bits per heavy atom. The highest BCUT2D eigenvalue weighted by atomic mass is 19.1. The normalized spacial score (nSPS) is 20.9. The minimum atomic E-state index is -0.284. The third-order valence-electron chi connectivity index (χ3n) is 3.33. The fourth-order valence-corrected chi connectivity index (χ4v) is 2.34. The van der Waals surface area contributed by atoms with Crippen molar-refractivity contribution in [2.75, 3.05) is 6.54 Å². The van der Waals surface area contributed by atoms with Gasteiger partial charge in [0, 0.05) is 5.56 Å². The van der Waals surface area contributed by atoms with Gasteiger partial charge in [0.05, 0.1) is 6.04 Å². The Bertz CT molecular complexity index is 409. The summed E-state index contributed by atoms with van der Waals surface area (Å²) in [6.45, 7) is 2.68. The van der Waals surface area contributed by atoms with Crippen LogP contribution in [0, 0.1) is 12.7 Å². The van der Waals surface area contributed by atoms with Crippen molar-refractivity contribution in [3.05, 3.63) is 35.1 Å². The Hall–Kier alpha value is -1.22. The lowest BCUT2D eigenvalue weighted by molar-refractivity contribution is 0.0940. The van der Waals surface area contributed by atoms with Crippen molar-refractivity contribution in [3.8, 4) is 0 Å². The molecule has 0 aliphatic carbocycles. The van der Waals surface area contributed by atoms with E-state index in [0.717, 1.165) is 31.4 Å². The lowest BCUT2D eigenvalue weighted by Gasteiger charge is -2.15. The quantitative estimate of drug-likeness (QED) is 0.799. The number of Topliss-reactive ketones (excluding diaryl/α,β-unsaturated/α-hetero) is 1. The molecular weight excluding hydrogens is 217 g/mol. The summed E-state index contributed by atoms with van der Waals surface area (Å²) in [6.07, 6.45) is 4.28. The van der Waals surface area contributed by atoms with Crippen LogP contribution >= 0.6 is 0 Å². The molecule has 0 spiro atoms. The van der Waals surface area contributed by atoms with Crippen LogP contribution < -0.4 is 5.32 Å². The number of hydrogen-bond donors (Lipinski definition) is 1. The van der Waals surface area contributed by atoms with Gasteiger partial charge < -0.3 is 5.32 Å². The highest BCUT2D eigenvalue weighted by molar-refractivity contribution is 6.01. The first kappa shape index (κ1) is 12.2. The summed E-state index contributed by atoms with van der Waals surface area (Å²) in [5.41, 5.74) is 1.37. The minimum Gasteiger partial charge on any atom is -0.307 e. The zero-order valence-corrected chi connectivity index (χ0v) is 10.1. The van der Waals surface area contributed by atoms with Gasteiger partial charge in [-0.25, -0.2) is 4.39 Å². The molecule has 92 valence electrons. The molecule has 1 N–H and O–H groups in total. The molecule has 0 radical (unpaired) electrons. The summed E-state index contributed by atoms with van der Waals surface area (Å²) in [5.74, 6) is -0.183. The van der Waals surface area contributed by atoms with Crippen molar-refractivity contribution in [2.45, 2.75) is 38.6 Å². The number of carbonyl (C=O) groups is 1. The van der Waals surface area contributed by atoms with Crippen molar-refractivity contribution >= 4 is 5.78 Å². The average molecular weight is 235 g/mol. The Kier molecular flexibility index (Phi) is 3.89. The molecule has 17 heavy (non-hydrogen) atoms. The molecule has 0 saturated carbocycles. The Morgan fingerprint density at radius 2 is 2.18 bits per heavy atom. The second-order valence-corrected chi connectivity index (χ2v) is 4.68. The van der Waals surface area contributed by atoms with E-state index >= 15 is 0 Å². The molecule has 1 atom stereocenters. The van der Waals surface area contributed by atoms with E-state index in [-0.39, 0.29) is 17.6 Å². The van der Waals surface area contributed by atoms with Gasteiger partial charge in [-0.1, -0.05) is 12.8 Å². The first-order valence-corrected chi connectivity index (χ1v) is 6.22. The largest absolute Gasteiger partial charge is 0.307 e. The lowest BCUT2D eigenvalue weighted by Crippen LogP contribution is -2.36. The molecule has 2 nitrogen and oxygen atoms in total. The number of hydrogen-bond acceptors (Lipinski definition) is 2. The first-order valence-electron chi connectivity index (χ1n) is 6.22. The predicted molar refractivity (Wildman–Crippen MR) is 65.7 cm³/mol. The molecule has 1 heterocycles. The second kappa shape index (κ2) is 5.41.